The molecule has 1 atom stereocenters. The van der Waals surface area contributed by atoms with E-state index in [1.165, 1.54) is 0 Å². The van der Waals surface area contributed by atoms with Crippen LogP contribution in [0.1, 0.15) is 22.7 Å². The third kappa shape index (κ3) is 4.17. The highest BCUT2D eigenvalue weighted by atomic mass is 16.5. The summed E-state index contributed by atoms with van der Waals surface area (Å²) in [5.74, 6) is -0.787. The Kier molecular flexibility index (Phi) is 6.03. The maximum absolute atomic E-state index is 12.9. The minimum atomic E-state index is -0.663. The number of aliphatic hydroxyl groups excluding tert-OH is 1. The lowest BCUT2D eigenvalue weighted by Crippen LogP contribution is -2.35. The normalized spacial score (nSPS) is 18.5. The SMILES string of the molecule is COc1ccc(/C(O)=C2/C(=O)C(=O)N(CCN(C)C)C2c2cccc(C)c2)cc1. The molecule has 1 aliphatic rings. The molecule has 0 spiro atoms. The Balaban J connectivity index is 2.13. The molecule has 0 bridgehead atoms. The van der Waals surface area contributed by atoms with Crippen LogP contribution in [0, 0.1) is 6.92 Å². The molecule has 152 valence electrons. The second kappa shape index (κ2) is 8.49. The molecule has 0 radical (unpaired) electrons. The first kappa shape index (κ1) is 20.6. The number of ketones is 1. The van der Waals surface area contributed by atoms with Gasteiger partial charge in [0.2, 0.25) is 0 Å². The minimum absolute atomic E-state index is 0.115. The van der Waals surface area contributed by atoms with Gasteiger partial charge in [0.25, 0.3) is 11.7 Å². The van der Waals surface area contributed by atoms with E-state index in [-0.39, 0.29) is 11.3 Å². The van der Waals surface area contributed by atoms with Gasteiger partial charge in [-0.15, -0.1) is 0 Å². The summed E-state index contributed by atoms with van der Waals surface area (Å²) >= 11 is 0. The van der Waals surface area contributed by atoms with Crippen molar-refractivity contribution in [3.05, 3.63) is 70.8 Å². The van der Waals surface area contributed by atoms with E-state index in [4.69, 9.17) is 4.74 Å². The van der Waals surface area contributed by atoms with E-state index in [1.807, 2.05) is 50.2 Å². The number of aryl methyl sites for hydroxylation is 1. The number of Topliss-reactive ketones (excluding diaryl/α,β-unsaturated/α-hetero) is 1. The molecule has 0 aliphatic carbocycles. The number of nitrogens with zero attached hydrogens (tertiary/aromatic N) is 2. The first-order valence-corrected chi connectivity index (χ1v) is 9.47. The topological polar surface area (TPSA) is 70.1 Å². The Hall–Kier alpha value is -3.12. The van der Waals surface area contributed by atoms with E-state index >= 15 is 0 Å². The molecule has 2 aromatic rings. The summed E-state index contributed by atoms with van der Waals surface area (Å²) in [4.78, 5) is 29.2. The number of amides is 1. The average Bonchev–Trinajstić information content (AvgIpc) is 2.96. The third-order valence-electron chi connectivity index (χ3n) is 5.05. The Bertz CT molecular complexity index is 948. The van der Waals surface area contributed by atoms with Crippen molar-refractivity contribution in [2.45, 2.75) is 13.0 Å². The zero-order chi connectivity index (χ0) is 21.1. The van der Waals surface area contributed by atoms with Gasteiger partial charge in [-0.3, -0.25) is 9.59 Å². The molecule has 1 heterocycles. The standard InChI is InChI=1S/C23H26N2O4/c1-15-6-5-7-17(14-15)20-19(21(26)16-8-10-18(29-4)11-9-16)22(27)23(28)25(20)13-12-24(2)3/h5-11,14,20,26H,12-13H2,1-4H3/b21-19-. The number of hydrogen-bond donors (Lipinski definition) is 1. The van der Waals surface area contributed by atoms with Crippen LogP contribution in [0.2, 0.25) is 0 Å². The van der Waals surface area contributed by atoms with Crippen molar-refractivity contribution in [3.63, 3.8) is 0 Å². The lowest BCUT2D eigenvalue weighted by atomic mass is 9.94. The highest BCUT2D eigenvalue weighted by Gasteiger charge is 2.45. The van der Waals surface area contributed by atoms with Gasteiger partial charge in [-0.1, -0.05) is 29.8 Å². The number of benzene rings is 2. The monoisotopic (exact) mass is 394 g/mol. The van der Waals surface area contributed by atoms with Gasteiger partial charge in [0.1, 0.15) is 11.5 Å². The van der Waals surface area contributed by atoms with Gasteiger partial charge in [-0.2, -0.15) is 0 Å². The van der Waals surface area contributed by atoms with Crippen molar-refractivity contribution in [3.8, 4) is 5.75 Å². The van der Waals surface area contributed by atoms with Crippen molar-refractivity contribution >= 4 is 17.4 Å². The van der Waals surface area contributed by atoms with Gasteiger partial charge >= 0.3 is 0 Å². The number of methoxy groups -OCH3 is 1. The highest BCUT2D eigenvalue weighted by Crippen LogP contribution is 2.39. The highest BCUT2D eigenvalue weighted by molar-refractivity contribution is 6.46. The molecule has 29 heavy (non-hydrogen) atoms. The molecule has 1 N–H and O–H groups in total. The van der Waals surface area contributed by atoms with Crippen molar-refractivity contribution in [1.82, 2.24) is 9.80 Å². The predicted octanol–water partition coefficient (Wildman–Crippen LogP) is 2.99. The number of carbonyl (C=O) groups excluding carboxylic acids is 2. The number of ether oxygens (including phenoxy) is 1. The summed E-state index contributed by atoms with van der Waals surface area (Å²) in [7, 11) is 5.38. The number of likely N-dealkylation sites (tertiary alicyclic amines) is 1. The number of carbonyl (C=O) groups is 2. The Morgan fingerprint density at radius 3 is 2.41 bits per heavy atom. The number of aliphatic hydroxyl groups is 1. The molecular weight excluding hydrogens is 368 g/mol. The molecule has 6 heteroatoms. The molecule has 1 aliphatic heterocycles. The van der Waals surface area contributed by atoms with E-state index in [9.17, 15) is 14.7 Å². The minimum Gasteiger partial charge on any atom is -0.507 e. The first-order chi connectivity index (χ1) is 13.8. The van der Waals surface area contributed by atoms with Gasteiger partial charge in [-0.25, -0.2) is 0 Å². The molecule has 1 amide bonds. The molecular formula is C23H26N2O4. The van der Waals surface area contributed by atoms with Gasteiger partial charge in [-0.05, 0) is 50.8 Å². The van der Waals surface area contributed by atoms with Crippen LogP contribution >= 0.6 is 0 Å². The molecule has 1 fully saturated rings. The van der Waals surface area contributed by atoms with Crippen molar-refractivity contribution < 1.29 is 19.4 Å². The number of hydrogen-bond acceptors (Lipinski definition) is 5. The summed E-state index contributed by atoms with van der Waals surface area (Å²) in [5.41, 5.74) is 2.40. The molecule has 3 rings (SSSR count). The largest absolute Gasteiger partial charge is 0.507 e. The van der Waals surface area contributed by atoms with Crippen LogP contribution in [0.3, 0.4) is 0 Å². The zero-order valence-electron chi connectivity index (χ0n) is 17.2. The van der Waals surface area contributed by atoms with Gasteiger partial charge in [0.15, 0.2) is 0 Å². The molecule has 0 aromatic heterocycles. The lowest BCUT2D eigenvalue weighted by molar-refractivity contribution is -0.140. The lowest BCUT2D eigenvalue weighted by Gasteiger charge is -2.26. The van der Waals surface area contributed by atoms with E-state index < -0.39 is 17.7 Å². The van der Waals surface area contributed by atoms with Crippen LogP contribution in [-0.2, 0) is 9.59 Å². The van der Waals surface area contributed by atoms with Crippen LogP contribution < -0.4 is 4.74 Å². The Labute approximate surface area is 171 Å². The number of rotatable bonds is 6. The quantitative estimate of drug-likeness (QED) is 0.463. The second-order valence-corrected chi connectivity index (χ2v) is 7.44. The third-order valence-corrected chi connectivity index (χ3v) is 5.05. The maximum Gasteiger partial charge on any atom is 0.295 e. The van der Waals surface area contributed by atoms with Crippen LogP contribution in [0.4, 0.5) is 0 Å². The molecule has 1 saturated heterocycles. The molecule has 6 nitrogen and oxygen atoms in total. The van der Waals surface area contributed by atoms with E-state index in [1.54, 1.807) is 36.3 Å². The van der Waals surface area contributed by atoms with E-state index in [2.05, 4.69) is 0 Å². The molecule has 2 aromatic carbocycles. The van der Waals surface area contributed by atoms with Gasteiger partial charge in [0.05, 0.1) is 18.7 Å². The second-order valence-electron chi connectivity index (χ2n) is 7.44. The maximum atomic E-state index is 12.9. The smallest absolute Gasteiger partial charge is 0.295 e. The summed E-state index contributed by atoms with van der Waals surface area (Å²) in [6.07, 6.45) is 0. The molecule has 1 unspecified atom stereocenters. The first-order valence-electron chi connectivity index (χ1n) is 9.47. The summed E-state index contributed by atoms with van der Waals surface area (Å²) < 4.78 is 5.16. The summed E-state index contributed by atoms with van der Waals surface area (Å²) in [6.45, 7) is 2.95. The zero-order valence-corrected chi connectivity index (χ0v) is 17.2. The summed E-state index contributed by atoms with van der Waals surface area (Å²) in [6, 6.07) is 13.8. The number of likely N-dealkylation sites (N-methyl/N-ethyl adjacent to an activating group) is 1. The van der Waals surface area contributed by atoms with E-state index in [0.29, 0.717) is 24.4 Å². The average molecular weight is 394 g/mol. The summed E-state index contributed by atoms with van der Waals surface area (Å²) in [5, 5.41) is 11.0. The fraction of sp³-hybridized carbons (Fsp3) is 0.304. The Morgan fingerprint density at radius 1 is 1.14 bits per heavy atom. The van der Waals surface area contributed by atoms with Crippen molar-refractivity contribution in [1.29, 1.82) is 0 Å². The van der Waals surface area contributed by atoms with Crippen LogP contribution in [0.25, 0.3) is 5.76 Å². The molecule has 0 saturated carbocycles. The van der Waals surface area contributed by atoms with E-state index in [0.717, 1.165) is 11.1 Å². The predicted molar refractivity (Wildman–Crippen MR) is 112 cm³/mol. The fourth-order valence-electron chi connectivity index (χ4n) is 3.51. The van der Waals surface area contributed by atoms with Gasteiger partial charge in [0, 0.05) is 18.7 Å². The van der Waals surface area contributed by atoms with Gasteiger partial charge < -0.3 is 19.6 Å². The van der Waals surface area contributed by atoms with Crippen molar-refractivity contribution in [2.24, 2.45) is 0 Å². The fourth-order valence-corrected chi connectivity index (χ4v) is 3.51. The van der Waals surface area contributed by atoms with Crippen LogP contribution in [-0.4, -0.2) is 60.9 Å². The van der Waals surface area contributed by atoms with Crippen molar-refractivity contribution in [2.75, 3.05) is 34.3 Å². The Morgan fingerprint density at radius 2 is 1.83 bits per heavy atom. The van der Waals surface area contributed by atoms with Crippen LogP contribution in [0.5, 0.6) is 5.75 Å². The van der Waals surface area contributed by atoms with Crippen LogP contribution in [0.15, 0.2) is 54.1 Å².